The zero-order valence-corrected chi connectivity index (χ0v) is 12.0. The number of rotatable bonds is 4. The molecule has 19 heavy (non-hydrogen) atoms. The molecule has 0 spiro atoms. The predicted molar refractivity (Wildman–Crippen MR) is 68.6 cm³/mol. The van der Waals surface area contributed by atoms with Crippen LogP contribution >= 0.6 is 15.9 Å². The number of alkyl halides is 3. The summed E-state index contributed by atoms with van der Waals surface area (Å²) >= 11 is 3.16. The predicted octanol–water partition coefficient (Wildman–Crippen LogP) is 3.36. The summed E-state index contributed by atoms with van der Waals surface area (Å²) in [6, 6.07) is 3.03. The Morgan fingerprint density at radius 2 is 1.89 bits per heavy atom. The van der Waals surface area contributed by atoms with Gasteiger partial charge >= 0.3 is 6.36 Å². The van der Waals surface area contributed by atoms with Crippen molar-refractivity contribution in [2.75, 3.05) is 0 Å². The van der Waals surface area contributed by atoms with Crippen LogP contribution in [0, 0.1) is 5.92 Å². The molecule has 1 rings (SSSR count). The van der Waals surface area contributed by atoms with Crippen LogP contribution in [-0.4, -0.2) is 17.6 Å². The van der Waals surface area contributed by atoms with Crippen molar-refractivity contribution in [3.63, 3.8) is 0 Å². The highest BCUT2D eigenvalue weighted by Gasteiger charge is 2.33. The molecule has 1 aromatic carbocycles. The minimum Gasteiger partial charge on any atom is -0.405 e. The van der Waals surface area contributed by atoms with Gasteiger partial charge < -0.3 is 15.6 Å². The standard InChI is InChI=1S/C12H15BrF3NO2/c1-6(2)11(18)10(17)8-5-7(13)3-4-9(8)19-12(14,15)16/h3-6,10-11,18H,17H2,1-2H3/t10-,11+/m1/s1. The Bertz CT molecular complexity index is 437. The Morgan fingerprint density at radius 3 is 2.37 bits per heavy atom. The van der Waals surface area contributed by atoms with Crippen LogP contribution in [0.1, 0.15) is 25.5 Å². The highest BCUT2D eigenvalue weighted by molar-refractivity contribution is 9.10. The van der Waals surface area contributed by atoms with E-state index in [1.807, 2.05) is 0 Å². The fourth-order valence-corrected chi connectivity index (χ4v) is 1.97. The number of aliphatic hydroxyl groups is 1. The molecule has 0 amide bonds. The van der Waals surface area contributed by atoms with E-state index in [9.17, 15) is 18.3 Å². The number of hydrogen-bond donors (Lipinski definition) is 2. The van der Waals surface area contributed by atoms with Crippen LogP contribution in [0.4, 0.5) is 13.2 Å². The van der Waals surface area contributed by atoms with Crippen molar-refractivity contribution in [3.05, 3.63) is 28.2 Å². The third kappa shape index (κ3) is 4.67. The number of aliphatic hydroxyl groups excluding tert-OH is 1. The second kappa shape index (κ2) is 6.11. The molecule has 0 radical (unpaired) electrons. The molecule has 0 heterocycles. The first kappa shape index (κ1) is 16.3. The molecule has 3 N–H and O–H groups in total. The van der Waals surface area contributed by atoms with Crippen molar-refractivity contribution in [2.24, 2.45) is 11.7 Å². The second-order valence-corrected chi connectivity index (χ2v) is 5.41. The van der Waals surface area contributed by atoms with Crippen LogP contribution in [-0.2, 0) is 0 Å². The lowest BCUT2D eigenvalue weighted by Crippen LogP contribution is -2.31. The van der Waals surface area contributed by atoms with Crippen LogP contribution in [0.5, 0.6) is 5.75 Å². The molecule has 3 nitrogen and oxygen atoms in total. The molecule has 7 heteroatoms. The third-order valence-corrected chi connectivity index (χ3v) is 3.10. The average molecular weight is 342 g/mol. The van der Waals surface area contributed by atoms with E-state index in [0.29, 0.717) is 4.47 Å². The maximum atomic E-state index is 12.3. The average Bonchev–Trinajstić information content (AvgIpc) is 2.27. The maximum absolute atomic E-state index is 12.3. The summed E-state index contributed by atoms with van der Waals surface area (Å²) in [5.74, 6) is -0.587. The molecule has 0 saturated carbocycles. The lowest BCUT2D eigenvalue weighted by molar-refractivity contribution is -0.275. The van der Waals surface area contributed by atoms with E-state index in [1.54, 1.807) is 13.8 Å². The molecule has 0 aliphatic rings. The summed E-state index contributed by atoms with van der Waals surface area (Å²) < 4.78 is 41.4. The van der Waals surface area contributed by atoms with Gasteiger partial charge in [-0.05, 0) is 24.1 Å². The topological polar surface area (TPSA) is 55.5 Å². The van der Waals surface area contributed by atoms with E-state index in [1.165, 1.54) is 18.2 Å². The molecule has 0 aliphatic heterocycles. The molecular weight excluding hydrogens is 327 g/mol. The number of ether oxygens (including phenoxy) is 1. The Hall–Kier alpha value is -0.790. The highest BCUT2D eigenvalue weighted by atomic mass is 79.9. The summed E-state index contributed by atoms with van der Waals surface area (Å²) in [6.45, 7) is 3.46. The van der Waals surface area contributed by atoms with E-state index in [4.69, 9.17) is 5.73 Å². The monoisotopic (exact) mass is 341 g/mol. The molecule has 0 aromatic heterocycles. The SMILES string of the molecule is CC(C)[C@H](O)[C@H](N)c1cc(Br)ccc1OC(F)(F)F. The summed E-state index contributed by atoms with van der Waals surface area (Å²) in [5, 5.41) is 9.88. The van der Waals surface area contributed by atoms with Gasteiger partial charge in [0.25, 0.3) is 0 Å². The Balaban J connectivity index is 3.13. The van der Waals surface area contributed by atoms with Gasteiger partial charge in [0.05, 0.1) is 12.1 Å². The zero-order valence-electron chi connectivity index (χ0n) is 10.4. The van der Waals surface area contributed by atoms with Crippen molar-refractivity contribution in [3.8, 4) is 5.75 Å². The number of hydrogen-bond acceptors (Lipinski definition) is 3. The summed E-state index contributed by atoms with van der Waals surface area (Å²) in [4.78, 5) is 0. The van der Waals surface area contributed by atoms with Crippen molar-refractivity contribution in [1.29, 1.82) is 0 Å². The Labute approximate surface area is 117 Å². The molecule has 2 atom stereocenters. The van der Waals surface area contributed by atoms with Gasteiger partial charge in [-0.1, -0.05) is 29.8 Å². The fraction of sp³-hybridized carbons (Fsp3) is 0.500. The Kier molecular flexibility index (Phi) is 5.23. The highest BCUT2D eigenvalue weighted by Crippen LogP contribution is 2.34. The van der Waals surface area contributed by atoms with Gasteiger partial charge in [0.2, 0.25) is 0 Å². The molecule has 0 aliphatic carbocycles. The van der Waals surface area contributed by atoms with Crippen LogP contribution in [0.15, 0.2) is 22.7 Å². The van der Waals surface area contributed by atoms with Crippen LogP contribution in [0.2, 0.25) is 0 Å². The summed E-state index contributed by atoms with van der Waals surface area (Å²) in [5.41, 5.74) is 5.91. The lowest BCUT2D eigenvalue weighted by Gasteiger charge is -2.24. The molecule has 108 valence electrons. The van der Waals surface area contributed by atoms with Crippen LogP contribution < -0.4 is 10.5 Å². The van der Waals surface area contributed by atoms with Gasteiger partial charge in [0.15, 0.2) is 0 Å². The normalized spacial score (nSPS) is 15.4. The minimum absolute atomic E-state index is 0.105. The van der Waals surface area contributed by atoms with Gasteiger partial charge in [-0.3, -0.25) is 0 Å². The molecule has 0 saturated heterocycles. The van der Waals surface area contributed by atoms with E-state index >= 15 is 0 Å². The van der Waals surface area contributed by atoms with Crippen molar-refractivity contribution < 1.29 is 23.0 Å². The molecule has 0 unspecified atom stereocenters. The quantitative estimate of drug-likeness (QED) is 0.882. The molecule has 0 fully saturated rings. The molecule has 1 aromatic rings. The second-order valence-electron chi connectivity index (χ2n) is 4.49. The van der Waals surface area contributed by atoms with Crippen LogP contribution in [0.25, 0.3) is 0 Å². The van der Waals surface area contributed by atoms with Gasteiger partial charge in [-0.25, -0.2) is 0 Å². The van der Waals surface area contributed by atoms with E-state index in [2.05, 4.69) is 20.7 Å². The Morgan fingerprint density at radius 1 is 1.32 bits per heavy atom. The van der Waals surface area contributed by atoms with Gasteiger partial charge in [-0.2, -0.15) is 0 Å². The first-order chi connectivity index (χ1) is 8.61. The first-order valence-electron chi connectivity index (χ1n) is 5.60. The minimum atomic E-state index is -4.80. The number of halogens is 4. The van der Waals surface area contributed by atoms with Gasteiger partial charge in [0.1, 0.15) is 5.75 Å². The van der Waals surface area contributed by atoms with E-state index in [-0.39, 0.29) is 11.5 Å². The largest absolute Gasteiger partial charge is 0.573 e. The van der Waals surface area contributed by atoms with Crippen molar-refractivity contribution >= 4 is 15.9 Å². The zero-order chi connectivity index (χ0) is 14.8. The van der Waals surface area contributed by atoms with Gasteiger partial charge in [0, 0.05) is 10.0 Å². The molecular formula is C12H15BrF3NO2. The number of benzene rings is 1. The lowest BCUT2D eigenvalue weighted by atomic mass is 9.94. The van der Waals surface area contributed by atoms with E-state index in [0.717, 1.165) is 0 Å². The third-order valence-electron chi connectivity index (χ3n) is 2.61. The molecule has 0 bridgehead atoms. The number of nitrogens with two attached hydrogens (primary N) is 1. The smallest absolute Gasteiger partial charge is 0.405 e. The van der Waals surface area contributed by atoms with Crippen LogP contribution in [0.3, 0.4) is 0 Å². The van der Waals surface area contributed by atoms with Crippen molar-refractivity contribution in [2.45, 2.75) is 32.4 Å². The van der Waals surface area contributed by atoms with Crippen molar-refractivity contribution in [1.82, 2.24) is 0 Å². The van der Waals surface area contributed by atoms with E-state index < -0.39 is 24.3 Å². The van der Waals surface area contributed by atoms with Gasteiger partial charge in [-0.15, -0.1) is 13.2 Å². The fourth-order valence-electron chi connectivity index (χ4n) is 1.60. The maximum Gasteiger partial charge on any atom is 0.573 e. The summed E-state index contributed by atoms with van der Waals surface area (Å²) in [7, 11) is 0. The first-order valence-corrected chi connectivity index (χ1v) is 6.40. The summed E-state index contributed by atoms with van der Waals surface area (Å²) in [6.07, 6.45) is -5.77.